The number of hydrogen-bond donors (Lipinski definition) is 2. The van der Waals surface area contributed by atoms with Crippen LogP contribution >= 0.6 is 0 Å². The van der Waals surface area contributed by atoms with E-state index in [9.17, 15) is 4.79 Å². The third-order valence-electron chi connectivity index (χ3n) is 1.29. The van der Waals surface area contributed by atoms with E-state index in [-0.39, 0.29) is 5.94 Å². The average Bonchev–Trinajstić information content (AvgIpc) is 2.00. The number of nitrogens with one attached hydrogen (secondary N) is 1. The van der Waals surface area contributed by atoms with E-state index in [1.165, 1.54) is 7.05 Å². The molecular formula is C5H12BN2O2. The van der Waals surface area contributed by atoms with Crippen molar-refractivity contribution in [2.75, 3.05) is 7.05 Å². The molecule has 0 heterocycles. The summed E-state index contributed by atoms with van der Waals surface area (Å²) < 4.78 is 0. The highest BCUT2D eigenvalue weighted by Gasteiger charge is 2.14. The third-order valence-corrected chi connectivity index (χ3v) is 1.29. The van der Waals surface area contributed by atoms with Crippen molar-refractivity contribution in [3.8, 4) is 0 Å². The number of hydroxylamine groups is 2. The van der Waals surface area contributed by atoms with Crippen molar-refractivity contribution in [2.45, 2.75) is 19.7 Å². The van der Waals surface area contributed by atoms with Crippen LogP contribution in [0.25, 0.3) is 0 Å². The molecule has 5 heteroatoms. The fourth-order valence-corrected chi connectivity index (χ4v) is 0.441. The molecule has 0 fully saturated rings. The molecule has 0 aliphatic heterocycles. The van der Waals surface area contributed by atoms with Gasteiger partial charge in [-0.1, -0.05) is 6.82 Å². The molecule has 0 rings (SSSR count). The van der Waals surface area contributed by atoms with Gasteiger partial charge < -0.3 is 5.32 Å². The Hall–Kier alpha value is -0.705. The summed E-state index contributed by atoms with van der Waals surface area (Å²) in [6.07, 6.45) is 0. The molecule has 2 amide bonds. The molecule has 0 aliphatic rings. The standard InChI is InChI=1S/C5H12BN2O2/c1-4(6-2)8(10)5(9)7-3/h4,10H,1-3H3,(H,7,9). The summed E-state index contributed by atoms with van der Waals surface area (Å²) in [5, 5.41) is 11.9. The maximum Gasteiger partial charge on any atom is 0.340 e. The summed E-state index contributed by atoms with van der Waals surface area (Å²) in [6.45, 7) is 3.49. The number of amides is 2. The second-order valence-corrected chi connectivity index (χ2v) is 1.97. The van der Waals surface area contributed by atoms with Crippen molar-refractivity contribution in [1.82, 2.24) is 10.4 Å². The van der Waals surface area contributed by atoms with E-state index in [0.717, 1.165) is 0 Å². The van der Waals surface area contributed by atoms with Crippen LogP contribution in [0, 0.1) is 0 Å². The van der Waals surface area contributed by atoms with Crippen LogP contribution in [0.3, 0.4) is 0 Å². The van der Waals surface area contributed by atoms with E-state index in [1.807, 2.05) is 0 Å². The van der Waals surface area contributed by atoms with Gasteiger partial charge in [0.15, 0.2) is 0 Å². The van der Waals surface area contributed by atoms with Gasteiger partial charge >= 0.3 is 6.03 Å². The van der Waals surface area contributed by atoms with Crippen molar-refractivity contribution in [3.63, 3.8) is 0 Å². The first-order chi connectivity index (χ1) is 4.63. The molecule has 1 unspecified atom stereocenters. The van der Waals surface area contributed by atoms with E-state index < -0.39 is 6.03 Å². The zero-order chi connectivity index (χ0) is 8.15. The van der Waals surface area contributed by atoms with Gasteiger partial charge in [0.2, 0.25) is 0 Å². The van der Waals surface area contributed by atoms with Crippen molar-refractivity contribution in [2.24, 2.45) is 0 Å². The maximum absolute atomic E-state index is 10.7. The van der Waals surface area contributed by atoms with Crippen molar-refractivity contribution in [3.05, 3.63) is 0 Å². The first-order valence-corrected chi connectivity index (χ1v) is 3.12. The molecule has 2 N–H and O–H groups in total. The van der Waals surface area contributed by atoms with Crippen LogP contribution in [0.5, 0.6) is 0 Å². The smallest absolute Gasteiger partial charge is 0.339 e. The van der Waals surface area contributed by atoms with Crippen LogP contribution in [0.2, 0.25) is 6.82 Å². The Morgan fingerprint density at radius 2 is 2.30 bits per heavy atom. The van der Waals surface area contributed by atoms with Gasteiger partial charge in [-0.15, -0.1) is 0 Å². The highest BCUT2D eigenvalue weighted by Crippen LogP contribution is 1.91. The lowest BCUT2D eigenvalue weighted by atomic mass is 9.73. The zero-order valence-electron chi connectivity index (χ0n) is 6.46. The number of carbonyl (C=O) groups is 1. The summed E-state index contributed by atoms with van der Waals surface area (Å²) in [6, 6.07) is -0.495. The Morgan fingerprint density at radius 3 is 2.60 bits per heavy atom. The lowest BCUT2D eigenvalue weighted by Gasteiger charge is -2.19. The molecule has 57 valence electrons. The topological polar surface area (TPSA) is 52.6 Å². The molecule has 4 nitrogen and oxygen atoms in total. The van der Waals surface area contributed by atoms with Crippen LogP contribution in [0.4, 0.5) is 4.79 Å². The van der Waals surface area contributed by atoms with Crippen molar-refractivity contribution in [1.29, 1.82) is 0 Å². The average molecular weight is 143 g/mol. The Balaban J connectivity index is 3.81. The molecule has 0 aromatic rings. The van der Waals surface area contributed by atoms with Crippen LogP contribution in [0.1, 0.15) is 6.92 Å². The summed E-state index contributed by atoms with van der Waals surface area (Å²) >= 11 is 0. The predicted octanol–water partition coefficient (Wildman–Crippen LogP) is 0.115. The zero-order valence-corrected chi connectivity index (χ0v) is 6.46. The van der Waals surface area contributed by atoms with E-state index >= 15 is 0 Å². The number of hydrogen-bond acceptors (Lipinski definition) is 2. The second-order valence-electron chi connectivity index (χ2n) is 1.97. The molecule has 1 radical (unpaired) electrons. The van der Waals surface area contributed by atoms with Crippen LogP contribution in [-0.2, 0) is 0 Å². The fourth-order valence-electron chi connectivity index (χ4n) is 0.441. The number of nitrogens with zero attached hydrogens (tertiary/aromatic N) is 1. The molecule has 0 spiro atoms. The van der Waals surface area contributed by atoms with Crippen LogP contribution in [-0.4, -0.2) is 36.6 Å². The molecule has 0 bridgehead atoms. The number of urea groups is 1. The summed E-state index contributed by atoms with van der Waals surface area (Å²) in [4.78, 5) is 10.7. The minimum absolute atomic E-state index is 0.250. The first-order valence-electron chi connectivity index (χ1n) is 3.12. The Labute approximate surface area is 61.4 Å². The Kier molecular flexibility index (Phi) is 3.87. The van der Waals surface area contributed by atoms with Crippen LogP contribution in [0.15, 0.2) is 0 Å². The number of rotatable bonds is 2. The van der Waals surface area contributed by atoms with Crippen LogP contribution < -0.4 is 5.32 Å². The summed E-state index contributed by atoms with van der Waals surface area (Å²) in [7, 11) is 3.18. The molecule has 0 saturated heterocycles. The highest BCUT2D eigenvalue weighted by atomic mass is 16.5. The van der Waals surface area contributed by atoms with Gasteiger partial charge in [0, 0.05) is 13.0 Å². The van der Waals surface area contributed by atoms with Gasteiger partial charge in [-0.05, 0) is 6.92 Å². The Bertz CT molecular complexity index is 120. The molecule has 0 saturated carbocycles. The molecule has 0 aliphatic carbocycles. The minimum atomic E-state index is -0.495. The van der Waals surface area contributed by atoms with Gasteiger partial charge in [0.25, 0.3) is 0 Å². The molecule has 0 aromatic heterocycles. The second kappa shape index (κ2) is 4.16. The van der Waals surface area contributed by atoms with E-state index in [2.05, 4.69) is 5.32 Å². The SMILES string of the molecule is C[B]C(C)N(O)C(=O)NC. The van der Waals surface area contributed by atoms with Gasteiger partial charge in [-0.2, -0.15) is 0 Å². The fraction of sp³-hybridized carbons (Fsp3) is 0.800. The first kappa shape index (κ1) is 9.29. The molecule has 10 heavy (non-hydrogen) atoms. The molecule has 1 atom stereocenters. The lowest BCUT2D eigenvalue weighted by molar-refractivity contribution is -0.0510. The van der Waals surface area contributed by atoms with Gasteiger partial charge in [-0.25, -0.2) is 9.86 Å². The third kappa shape index (κ3) is 2.27. The van der Waals surface area contributed by atoms with Gasteiger partial charge in [0.05, 0.1) is 0 Å². The quantitative estimate of drug-likeness (QED) is 0.327. The monoisotopic (exact) mass is 143 g/mol. The Morgan fingerprint density at radius 1 is 1.80 bits per heavy atom. The lowest BCUT2D eigenvalue weighted by Crippen LogP contribution is -2.43. The largest absolute Gasteiger partial charge is 0.340 e. The summed E-state index contributed by atoms with van der Waals surface area (Å²) in [5.41, 5.74) is 0. The maximum atomic E-state index is 10.7. The van der Waals surface area contributed by atoms with Gasteiger partial charge in [0.1, 0.15) is 7.28 Å². The van der Waals surface area contributed by atoms with Crippen molar-refractivity contribution < 1.29 is 10.0 Å². The normalized spacial score (nSPS) is 12.0. The molecule has 0 aromatic carbocycles. The molecular weight excluding hydrogens is 131 g/mol. The van der Waals surface area contributed by atoms with E-state index in [0.29, 0.717) is 5.06 Å². The van der Waals surface area contributed by atoms with Crippen molar-refractivity contribution >= 4 is 13.3 Å². The van der Waals surface area contributed by atoms with E-state index in [1.54, 1.807) is 21.0 Å². The number of carbonyl (C=O) groups excluding carboxylic acids is 1. The van der Waals surface area contributed by atoms with Gasteiger partial charge in [-0.3, -0.25) is 5.21 Å². The minimum Gasteiger partial charge on any atom is -0.339 e. The van der Waals surface area contributed by atoms with E-state index in [4.69, 9.17) is 5.21 Å². The summed E-state index contributed by atoms with van der Waals surface area (Å²) in [5.74, 6) is -0.250. The predicted molar refractivity (Wildman–Crippen MR) is 39.2 cm³/mol. The highest BCUT2D eigenvalue weighted by molar-refractivity contribution is 6.35.